The second-order valence-corrected chi connectivity index (χ2v) is 11.3. The van der Waals surface area contributed by atoms with Gasteiger partial charge >= 0.3 is 6.03 Å². The molecule has 1 aromatic carbocycles. The number of thioether (sulfide) groups is 1. The van der Waals surface area contributed by atoms with Crippen LogP contribution in [-0.4, -0.2) is 102 Å². The molecule has 2 aliphatic rings. The number of piperazine rings is 2. The van der Waals surface area contributed by atoms with Gasteiger partial charge < -0.3 is 29.7 Å². The molecule has 2 aliphatic heterocycles. The summed E-state index contributed by atoms with van der Waals surface area (Å²) in [5, 5.41) is 3.82. The number of hydrogen-bond acceptors (Lipinski definition) is 8. The largest absolute Gasteiger partial charge is 0.492 e. The van der Waals surface area contributed by atoms with Crippen LogP contribution in [0.1, 0.15) is 33.6 Å². The number of nitrogens with zero attached hydrogens (tertiary/aromatic N) is 6. The van der Waals surface area contributed by atoms with Gasteiger partial charge in [0.25, 0.3) is 0 Å². The summed E-state index contributed by atoms with van der Waals surface area (Å²) in [6.45, 7) is 12.1. The number of urea groups is 1. The number of anilines is 2. The second kappa shape index (κ2) is 14.6. The van der Waals surface area contributed by atoms with Gasteiger partial charge in [-0.2, -0.15) is 0 Å². The van der Waals surface area contributed by atoms with E-state index in [0.29, 0.717) is 56.2 Å². The molecule has 0 spiro atoms. The third-order valence-corrected chi connectivity index (χ3v) is 8.17. The number of aromatic nitrogens is 2. The summed E-state index contributed by atoms with van der Waals surface area (Å²) in [7, 11) is 0. The molecule has 218 valence electrons. The van der Waals surface area contributed by atoms with Crippen molar-refractivity contribution in [1.29, 1.82) is 0 Å². The normalized spacial score (nSPS) is 17.6. The van der Waals surface area contributed by atoms with E-state index in [0.717, 1.165) is 43.2 Å². The number of para-hydroxylation sites is 2. The monoisotopic (exact) mass is 589 g/mol. The zero-order valence-electron chi connectivity index (χ0n) is 23.6. The van der Waals surface area contributed by atoms with Gasteiger partial charge in [0.15, 0.2) is 5.16 Å². The van der Waals surface area contributed by atoms with Gasteiger partial charge in [-0.1, -0.05) is 48.8 Å². The van der Waals surface area contributed by atoms with E-state index in [9.17, 15) is 9.59 Å². The fourth-order valence-electron chi connectivity index (χ4n) is 4.96. The first-order valence-corrected chi connectivity index (χ1v) is 15.5. The zero-order chi connectivity index (χ0) is 28.5. The zero-order valence-corrected chi connectivity index (χ0v) is 25.2. The quantitative estimate of drug-likeness (QED) is 0.192. The molecule has 0 aliphatic carbocycles. The summed E-state index contributed by atoms with van der Waals surface area (Å²) in [6.07, 6.45) is 2.02. The molecule has 0 saturated carbocycles. The molecule has 2 saturated heterocycles. The Morgan fingerprint density at radius 3 is 2.55 bits per heavy atom. The Morgan fingerprint density at radius 1 is 1.07 bits per heavy atom. The standard InChI is InChI=1S/C28H40ClN7O3S/c1-4-6-11-30-28(38)36-17-16-35(19-21(36)3)25-18-24(29)31-27(32-25)40-20-26(37)34-14-12-33(13-15-34)22-9-7-8-10-23(22)39-5-2/h7-10,18,21H,4-6,11-17,19-20H2,1-3H3,(H,30,38). The molecule has 1 N–H and O–H groups in total. The number of carbonyl (C=O) groups excluding carboxylic acids is 2. The number of halogens is 1. The predicted octanol–water partition coefficient (Wildman–Crippen LogP) is 3.99. The lowest BCUT2D eigenvalue weighted by Crippen LogP contribution is -2.56. The van der Waals surface area contributed by atoms with Crippen LogP contribution in [0.25, 0.3) is 0 Å². The fourth-order valence-corrected chi connectivity index (χ4v) is 5.95. The number of unbranched alkanes of at least 4 members (excludes halogenated alkanes) is 1. The van der Waals surface area contributed by atoms with Gasteiger partial charge in [-0.25, -0.2) is 14.8 Å². The topological polar surface area (TPSA) is 94.1 Å². The van der Waals surface area contributed by atoms with Crippen molar-refractivity contribution in [2.45, 2.75) is 44.8 Å². The highest BCUT2D eigenvalue weighted by Gasteiger charge is 2.29. The van der Waals surface area contributed by atoms with Crippen LogP contribution >= 0.6 is 23.4 Å². The Morgan fingerprint density at radius 2 is 1.82 bits per heavy atom. The van der Waals surface area contributed by atoms with Crippen LogP contribution in [0.2, 0.25) is 5.15 Å². The minimum Gasteiger partial charge on any atom is -0.492 e. The van der Waals surface area contributed by atoms with Gasteiger partial charge in [-0.05, 0) is 32.4 Å². The highest BCUT2D eigenvalue weighted by molar-refractivity contribution is 7.99. The fraction of sp³-hybridized carbons (Fsp3) is 0.571. The molecule has 2 fully saturated rings. The minimum absolute atomic E-state index is 0.0181. The maximum absolute atomic E-state index is 13.0. The molecular formula is C28H40ClN7O3S. The third kappa shape index (κ3) is 7.84. The first-order chi connectivity index (χ1) is 19.4. The van der Waals surface area contributed by atoms with Crippen LogP contribution < -0.4 is 19.9 Å². The van der Waals surface area contributed by atoms with Crippen molar-refractivity contribution >= 4 is 46.8 Å². The van der Waals surface area contributed by atoms with E-state index in [2.05, 4.69) is 33.1 Å². The summed E-state index contributed by atoms with van der Waals surface area (Å²) in [5.74, 6) is 1.90. The Hall–Kier alpha value is -2.92. The molecular weight excluding hydrogens is 550 g/mol. The molecule has 3 heterocycles. The van der Waals surface area contributed by atoms with Crippen molar-refractivity contribution < 1.29 is 14.3 Å². The molecule has 2 aromatic rings. The average molecular weight is 590 g/mol. The van der Waals surface area contributed by atoms with E-state index >= 15 is 0 Å². The molecule has 4 rings (SSSR count). The lowest BCUT2D eigenvalue weighted by molar-refractivity contribution is -0.128. The third-order valence-electron chi connectivity index (χ3n) is 7.14. The summed E-state index contributed by atoms with van der Waals surface area (Å²) in [5.41, 5.74) is 1.07. The number of amides is 3. The van der Waals surface area contributed by atoms with Gasteiger partial charge in [0, 0.05) is 64.5 Å². The Bertz CT molecular complexity index is 1150. The smallest absolute Gasteiger partial charge is 0.317 e. The number of hydrogen-bond donors (Lipinski definition) is 1. The maximum atomic E-state index is 13.0. The van der Waals surface area contributed by atoms with Crippen LogP contribution in [0.5, 0.6) is 5.75 Å². The van der Waals surface area contributed by atoms with Crippen LogP contribution in [-0.2, 0) is 4.79 Å². The van der Waals surface area contributed by atoms with Crippen LogP contribution in [0.4, 0.5) is 16.3 Å². The van der Waals surface area contributed by atoms with E-state index in [4.69, 9.17) is 21.3 Å². The van der Waals surface area contributed by atoms with Crippen LogP contribution in [0.15, 0.2) is 35.5 Å². The molecule has 1 aromatic heterocycles. The van der Waals surface area contributed by atoms with E-state index < -0.39 is 0 Å². The SMILES string of the molecule is CCCCNC(=O)N1CCN(c2cc(Cl)nc(SCC(=O)N3CCN(c4ccccc4OCC)CC3)n2)CC1C. The van der Waals surface area contributed by atoms with Gasteiger partial charge in [-0.15, -0.1) is 0 Å². The minimum atomic E-state index is -0.0181. The summed E-state index contributed by atoms with van der Waals surface area (Å²) in [4.78, 5) is 42.8. The van der Waals surface area contributed by atoms with Gasteiger partial charge in [0.05, 0.1) is 18.0 Å². The van der Waals surface area contributed by atoms with Gasteiger partial charge in [0.1, 0.15) is 16.7 Å². The van der Waals surface area contributed by atoms with Crippen LogP contribution in [0, 0.1) is 0 Å². The van der Waals surface area contributed by atoms with Crippen molar-refractivity contribution in [2.24, 2.45) is 0 Å². The molecule has 1 atom stereocenters. The van der Waals surface area contributed by atoms with Crippen molar-refractivity contribution in [2.75, 3.05) is 74.5 Å². The Kier molecular flexibility index (Phi) is 11.0. The van der Waals surface area contributed by atoms with Gasteiger partial charge in [0.2, 0.25) is 5.91 Å². The lowest BCUT2D eigenvalue weighted by Gasteiger charge is -2.40. The Balaban J connectivity index is 1.28. The summed E-state index contributed by atoms with van der Waals surface area (Å²) in [6, 6.07) is 9.79. The van der Waals surface area contributed by atoms with Crippen molar-refractivity contribution in [3.05, 3.63) is 35.5 Å². The molecule has 10 nitrogen and oxygen atoms in total. The number of nitrogens with one attached hydrogen (secondary N) is 1. The summed E-state index contributed by atoms with van der Waals surface area (Å²) >= 11 is 7.66. The number of benzene rings is 1. The van der Waals surface area contributed by atoms with E-state index in [1.165, 1.54) is 11.8 Å². The highest BCUT2D eigenvalue weighted by atomic mass is 35.5. The highest BCUT2D eigenvalue weighted by Crippen LogP contribution is 2.29. The second-order valence-electron chi connectivity index (χ2n) is 9.96. The first-order valence-electron chi connectivity index (χ1n) is 14.1. The number of carbonyl (C=O) groups is 2. The molecule has 3 amide bonds. The predicted molar refractivity (Wildman–Crippen MR) is 161 cm³/mol. The maximum Gasteiger partial charge on any atom is 0.317 e. The molecule has 0 bridgehead atoms. The molecule has 40 heavy (non-hydrogen) atoms. The van der Waals surface area contributed by atoms with E-state index in [1.807, 2.05) is 41.8 Å². The lowest BCUT2D eigenvalue weighted by atomic mass is 10.2. The van der Waals surface area contributed by atoms with Crippen molar-refractivity contribution in [3.63, 3.8) is 0 Å². The van der Waals surface area contributed by atoms with Crippen molar-refractivity contribution in [1.82, 2.24) is 25.1 Å². The van der Waals surface area contributed by atoms with E-state index in [-0.39, 0.29) is 23.7 Å². The molecule has 12 heteroatoms. The van der Waals surface area contributed by atoms with Gasteiger partial charge in [-0.3, -0.25) is 4.79 Å². The number of rotatable bonds is 10. The Labute approximate surface area is 246 Å². The molecule has 1 unspecified atom stereocenters. The number of ether oxygens (including phenoxy) is 1. The van der Waals surface area contributed by atoms with E-state index in [1.54, 1.807) is 6.07 Å². The average Bonchev–Trinajstić information content (AvgIpc) is 2.96. The van der Waals surface area contributed by atoms with Crippen molar-refractivity contribution in [3.8, 4) is 5.75 Å². The van der Waals surface area contributed by atoms with Crippen LogP contribution in [0.3, 0.4) is 0 Å². The first kappa shape index (κ1) is 30.0. The summed E-state index contributed by atoms with van der Waals surface area (Å²) < 4.78 is 5.78. The molecule has 0 radical (unpaired) electrons.